The number of carboxylic acid groups (broad SMARTS) is 1. The molecule has 0 spiro atoms. The van der Waals surface area contributed by atoms with Crippen LogP contribution in [0.25, 0.3) is 0 Å². The first-order valence-corrected chi connectivity index (χ1v) is 17.0. The van der Waals surface area contributed by atoms with Gasteiger partial charge in [0.25, 0.3) is 0 Å². The molecule has 10 nitrogen and oxygen atoms in total. The molecule has 0 aliphatic heterocycles. The summed E-state index contributed by atoms with van der Waals surface area (Å²) >= 11 is 6.19. The Labute approximate surface area is 253 Å². The summed E-state index contributed by atoms with van der Waals surface area (Å²) in [5.41, 5.74) is 0. The number of sulfone groups is 1. The number of nitrogens with two attached hydrogens (primary N) is 1. The summed E-state index contributed by atoms with van der Waals surface area (Å²) in [5, 5.41) is 12.7. The highest BCUT2D eigenvalue weighted by atomic mass is 79.9. The number of sulfonamides is 1. The minimum absolute atomic E-state index is 0.0666. The van der Waals surface area contributed by atoms with Gasteiger partial charge in [0.2, 0.25) is 10.0 Å². The second-order valence-corrected chi connectivity index (χ2v) is 15.2. The molecule has 2 aliphatic rings. The van der Waals surface area contributed by atoms with Crippen LogP contribution in [0, 0.1) is 11.6 Å². The normalized spacial score (nSPS) is 16.2. The summed E-state index contributed by atoms with van der Waals surface area (Å²) < 4.78 is 81.7. The molecule has 0 radical (unpaired) electrons. The van der Waals surface area contributed by atoms with Gasteiger partial charge in [-0.1, -0.05) is 31.9 Å². The van der Waals surface area contributed by atoms with E-state index in [0.29, 0.717) is 21.8 Å². The zero-order valence-electron chi connectivity index (χ0n) is 21.9. The highest BCUT2D eigenvalue weighted by molar-refractivity contribution is 9.10. The van der Waals surface area contributed by atoms with Crippen LogP contribution in [0.2, 0.25) is 0 Å². The summed E-state index contributed by atoms with van der Waals surface area (Å²) in [4.78, 5) is 22.3. The van der Waals surface area contributed by atoms with Crippen LogP contribution in [0.4, 0.5) is 8.78 Å². The van der Waals surface area contributed by atoms with Gasteiger partial charge in [-0.3, -0.25) is 4.79 Å². The SMILES string of the molecule is C[C@H](Oc1ccc(Br)cc1F)C(=O)CS(=O)(=O)C1CC1.C[C@H](Oc1ccc(Br)cc1F)C(=O)O.NS(=O)(=O)C1CC1. The minimum atomic E-state index is -3.37. The van der Waals surface area contributed by atoms with Crippen molar-refractivity contribution >= 4 is 63.5 Å². The summed E-state index contributed by atoms with van der Waals surface area (Å²) in [6, 6.07) is 8.35. The molecule has 0 unspecified atom stereocenters. The van der Waals surface area contributed by atoms with Gasteiger partial charge in [0.05, 0.1) is 10.5 Å². The number of rotatable bonds is 10. The number of Topliss-reactive ketones (excluding diaryl/α,β-unsaturated/α-hetero) is 1. The number of carbonyl (C=O) groups excluding carboxylic acids is 1. The third-order valence-electron chi connectivity index (χ3n) is 5.56. The van der Waals surface area contributed by atoms with Crippen LogP contribution < -0.4 is 14.6 Å². The fourth-order valence-electron chi connectivity index (χ4n) is 2.90. The molecule has 3 N–H and O–H groups in total. The van der Waals surface area contributed by atoms with Crippen LogP contribution in [0.5, 0.6) is 11.5 Å². The fraction of sp³-hybridized carbons (Fsp3) is 0.440. The van der Waals surface area contributed by atoms with Crippen molar-refractivity contribution in [1.29, 1.82) is 0 Å². The maximum atomic E-state index is 13.6. The van der Waals surface area contributed by atoms with E-state index in [-0.39, 0.29) is 22.0 Å². The average molecular weight is 749 g/mol. The van der Waals surface area contributed by atoms with Crippen LogP contribution in [-0.2, 0) is 29.4 Å². The number of carboxylic acids is 1. The monoisotopic (exact) mass is 747 g/mol. The number of hydrogen-bond donors (Lipinski definition) is 2. The van der Waals surface area contributed by atoms with E-state index in [2.05, 4.69) is 31.9 Å². The topological polar surface area (TPSA) is 167 Å². The van der Waals surface area contributed by atoms with Crippen LogP contribution in [0.1, 0.15) is 39.5 Å². The van der Waals surface area contributed by atoms with E-state index in [9.17, 15) is 35.2 Å². The molecule has 2 aromatic rings. The third-order valence-corrected chi connectivity index (χ3v) is 10.1. The zero-order chi connectivity index (χ0) is 31.1. The Hall–Kier alpha value is -2.14. The molecule has 0 heterocycles. The molecule has 2 saturated carbocycles. The van der Waals surface area contributed by atoms with E-state index in [1.54, 1.807) is 12.1 Å². The number of halogens is 4. The summed E-state index contributed by atoms with van der Waals surface area (Å²) in [7, 11) is -6.50. The van der Waals surface area contributed by atoms with Crippen LogP contribution >= 0.6 is 31.9 Å². The standard InChI is InChI=1S/C13H14BrFO4S.C9H8BrFO3.C3H7NO2S/c1-8(12(16)7-20(17,18)10-3-4-10)19-13-5-2-9(14)6-11(13)15;1-5(9(12)13)14-8-3-2-6(10)4-7(8)11;4-7(5,6)3-1-2-3/h2,5-6,8,10H,3-4,7H2,1H3;2-5H,1H3,(H,12,13);3H,1-2H2,(H2,4,5,6)/t8-;5-;/m00./s1. The van der Waals surface area contributed by atoms with Gasteiger partial charge in [0.1, 0.15) is 5.75 Å². The predicted molar refractivity (Wildman–Crippen MR) is 154 cm³/mol. The quantitative estimate of drug-likeness (QED) is 0.359. The van der Waals surface area contributed by atoms with Gasteiger partial charge in [-0.2, -0.15) is 0 Å². The third kappa shape index (κ3) is 12.3. The van der Waals surface area contributed by atoms with Gasteiger partial charge in [-0.15, -0.1) is 0 Å². The molecule has 0 amide bonds. The Morgan fingerprint density at radius 1 is 0.878 bits per heavy atom. The number of hydrogen-bond acceptors (Lipinski definition) is 8. The van der Waals surface area contributed by atoms with Gasteiger partial charge >= 0.3 is 5.97 Å². The van der Waals surface area contributed by atoms with Crippen molar-refractivity contribution < 1.29 is 49.8 Å². The number of ether oxygens (including phenoxy) is 2. The lowest BCUT2D eigenvalue weighted by molar-refractivity contribution is -0.144. The summed E-state index contributed by atoms with van der Waals surface area (Å²) in [6.07, 6.45) is 0.695. The Bertz CT molecular complexity index is 1470. The molecule has 228 valence electrons. The van der Waals surface area contributed by atoms with Crippen molar-refractivity contribution in [2.45, 2.75) is 62.2 Å². The Balaban J connectivity index is 0.000000241. The van der Waals surface area contributed by atoms with Crippen molar-refractivity contribution in [1.82, 2.24) is 0 Å². The largest absolute Gasteiger partial charge is 0.480 e. The van der Waals surface area contributed by atoms with Crippen molar-refractivity contribution in [3.8, 4) is 11.5 Å². The maximum Gasteiger partial charge on any atom is 0.344 e. The lowest BCUT2D eigenvalue weighted by atomic mass is 10.3. The van der Waals surface area contributed by atoms with Gasteiger partial charge in [-0.05, 0) is 75.9 Å². The first-order valence-electron chi connectivity index (χ1n) is 12.1. The summed E-state index contributed by atoms with van der Waals surface area (Å²) in [5.74, 6) is -3.57. The van der Waals surface area contributed by atoms with Gasteiger partial charge in [0.15, 0.2) is 51.0 Å². The number of benzene rings is 2. The smallest absolute Gasteiger partial charge is 0.344 e. The second-order valence-electron chi connectivity index (χ2n) is 9.27. The van der Waals surface area contributed by atoms with Crippen molar-refractivity contribution in [2.24, 2.45) is 5.14 Å². The number of aliphatic carboxylic acids is 1. The van der Waals surface area contributed by atoms with E-state index in [1.165, 1.54) is 38.1 Å². The van der Waals surface area contributed by atoms with Crippen molar-refractivity contribution in [3.63, 3.8) is 0 Å². The molecule has 2 aromatic carbocycles. The zero-order valence-corrected chi connectivity index (χ0v) is 26.7. The predicted octanol–water partition coefficient (Wildman–Crippen LogP) is 4.38. The van der Waals surface area contributed by atoms with E-state index in [4.69, 9.17) is 19.7 Å². The van der Waals surface area contributed by atoms with E-state index in [1.807, 2.05) is 0 Å². The molecule has 0 saturated heterocycles. The van der Waals surface area contributed by atoms with Crippen LogP contribution in [0.15, 0.2) is 45.3 Å². The summed E-state index contributed by atoms with van der Waals surface area (Å²) in [6.45, 7) is 2.76. The lowest BCUT2D eigenvalue weighted by Gasteiger charge is -2.14. The van der Waals surface area contributed by atoms with Crippen molar-refractivity contribution in [3.05, 3.63) is 57.0 Å². The minimum Gasteiger partial charge on any atom is -0.480 e. The van der Waals surface area contributed by atoms with E-state index in [0.717, 1.165) is 12.8 Å². The molecule has 0 bridgehead atoms. The fourth-order valence-corrected chi connectivity index (χ4v) is 6.08. The number of primary sulfonamides is 1. The molecule has 0 aromatic heterocycles. The highest BCUT2D eigenvalue weighted by Crippen LogP contribution is 2.29. The Morgan fingerprint density at radius 2 is 1.29 bits per heavy atom. The maximum absolute atomic E-state index is 13.6. The van der Waals surface area contributed by atoms with Crippen LogP contribution in [0.3, 0.4) is 0 Å². The van der Waals surface area contributed by atoms with Gasteiger partial charge < -0.3 is 14.6 Å². The molecule has 2 aliphatic carbocycles. The van der Waals surface area contributed by atoms with Gasteiger partial charge in [0, 0.05) is 8.95 Å². The first-order chi connectivity index (χ1) is 18.9. The Morgan fingerprint density at radius 3 is 1.61 bits per heavy atom. The second kappa shape index (κ2) is 14.8. The first kappa shape index (κ1) is 35.1. The molecule has 16 heteroatoms. The average Bonchev–Trinajstić information content (AvgIpc) is 3.74. The molecule has 2 atom stereocenters. The molecular formula is C25H29Br2F2NO9S2. The lowest BCUT2D eigenvalue weighted by Crippen LogP contribution is -2.31. The molecule has 41 heavy (non-hydrogen) atoms. The van der Waals surface area contributed by atoms with E-state index >= 15 is 0 Å². The molecule has 2 fully saturated rings. The highest BCUT2D eigenvalue weighted by Gasteiger charge is 2.38. The van der Waals surface area contributed by atoms with Gasteiger partial charge in [-0.25, -0.2) is 35.5 Å². The molecule has 4 rings (SSSR count). The van der Waals surface area contributed by atoms with Crippen LogP contribution in [-0.4, -0.2) is 62.2 Å². The van der Waals surface area contributed by atoms with E-state index < -0.39 is 61.2 Å². The molecular weight excluding hydrogens is 720 g/mol. The number of carbonyl (C=O) groups is 2. The Kier molecular flexibility index (Phi) is 12.7. The van der Waals surface area contributed by atoms with Crippen molar-refractivity contribution in [2.75, 3.05) is 5.75 Å². The number of ketones is 1.